The number of nitrogens with one attached hydrogen (secondary N) is 1. The zero-order chi connectivity index (χ0) is 14.8. The van der Waals surface area contributed by atoms with E-state index in [2.05, 4.69) is 0 Å². The first kappa shape index (κ1) is 15.6. The molecule has 0 aliphatic heterocycles. The van der Waals surface area contributed by atoms with Gasteiger partial charge in [-0.2, -0.15) is 13.2 Å². The van der Waals surface area contributed by atoms with Crippen LogP contribution < -0.4 is 4.72 Å². The van der Waals surface area contributed by atoms with Crippen LogP contribution in [0.5, 0.6) is 5.75 Å². The lowest BCUT2D eigenvalue weighted by Crippen LogP contribution is -2.20. The van der Waals surface area contributed by atoms with E-state index >= 15 is 0 Å². The van der Waals surface area contributed by atoms with Crippen LogP contribution in [0.25, 0.3) is 0 Å². The minimum Gasteiger partial charge on any atom is -0.506 e. The van der Waals surface area contributed by atoms with Crippen molar-refractivity contribution in [2.75, 3.05) is 10.5 Å². The van der Waals surface area contributed by atoms with Gasteiger partial charge in [-0.05, 0) is 24.1 Å². The number of hydrogen-bond donors (Lipinski definition) is 2. The second kappa shape index (κ2) is 5.28. The minimum absolute atomic E-state index is 0.189. The summed E-state index contributed by atoms with van der Waals surface area (Å²) in [5, 5.41) is 9.40. The van der Waals surface area contributed by atoms with Crippen molar-refractivity contribution >= 4 is 15.7 Å². The van der Waals surface area contributed by atoms with Crippen LogP contribution in [0.4, 0.5) is 18.9 Å². The number of hydrogen-bond acceptors (Lipinski definition) is 3. The Labute approximate surface area is 109 Å². The maximum absolute atomic E-state index is 12.5. The van der Waals surface area contributed by atoms with Crippen molar-refractivity contribution in [3.8, 4) is 5.75 Å². The van der Waals surface area contributed by atoms with Gasteiger partial charge in [-0.15, -0.1) is 0 Å². The molecule has 0 heterocycles. The number of phenols is 1. The number of rotatable bonds is 4. The van der Waals surface area contributed by atoms with Crippen LogP contribution in [0.15, 0.2) is 18.2 Å². The van der Waals surface area contributed by atoms with Crippen LogP contribution >= 0.6 is 0 Å². The molecule has 0 spiro atoms. The first-order valence-corrected chi connectivity index (χ1v) is 7.07. The summed E-state index contributed by atoms with van der Waals surface area (Å²) in [5.74, 6) is -0.992. The summed E-state index contributed by atoms with van der Waals surface area (Å²) in [6.45, 7) is 3.32. The number of phenolic OH excluding ortho intramolecular Hbond substituents is 1. The Morgan fingerprint density at radius 3 is 2.37 bits per heavy atom. The average molecular weight is 297 g/mol. The number of benzene rings is 1. The van der Waals surface area contributed by atoms with E-state index in [0.29, 0.717) is 12.1 Å². The number of sulfonamides is 1. The fraction of sp³-hybridized carbons (Fsp3) is 0.455. The molecule has 0 radical (unpaired) electrons. The maximum Gasteiger partial charge on any atom is 0.416 e. The fourth-order valence-corrected chi connectivity index (χ4v) is 2.90. The average Bonchev–Trinajstić information content (AvgIpc) is 2.17. The van der Waals surface area contributed by atoms with Crippen LogP contribution in [0.1, 0.15) is 19.4 Å². The molecule has 0 aromatic heterocycles. The monoisotopic (exact) mass is 297 g/mol. The van der Waals surface area contributed by atoms with Crippen LogP contribution in [0.2, 0.25) is 0 Å². The van der Waals surface area contributed by atoms with Gasteiger partial charge in [0.1, 0.15) is 5.75 Å². The van der Waals surface area contributed by atoms with Gasteiger partial charge in [0.15, 0.2) is 0 Å². The lowest BCUT2D eigenvalue weighted by molar-refractivity contribution is -0.137. The van der Waals surface area contributed by atoms with E-state index in [1.54, 1.807) is 13.8 Å². The summed E-state index contributed by atoms with van der Waals surface area (Å²) in [6, 6.07) is 2.04. The number of halogens is 3. The zero-order valence-corrected chi connectivity index (χ0v) is 11.1. The van der Waals surface area contributed by atoms with Crippen molar-refractivity contribution in [3.63, 3.8) is 0 Å². The Hall–Kier alpha value is -1.44. The van der Waals surface area contributed by atoms with Gasteiger partial charge in [0, 0.05) is 0 Å². The highest BCUT2D eigenvalue weighted by Crippen LogP contribution is 2.34. The summed E-state index contributed by atoms with van der Waals surface area (Å²) >= 11 is 0. The zero-order valence-electron chi connectivity index (χ0n) is 10.3. The fourth-order valence-electron chi connectivity index (χ4n) is 1.44. The smallest absolute Gasteiger partial charge is 0.416 e. The quantitative estimate of drug-likeness (QED) is 0.840. The topological polar surface area (TPSA) is 66.4 Å². The molecule has 0 saturated carbocycles. The molecule has 2 N–H and O–H groups in total. The molecule has 1 aromatic rings. The van der Waals surface area contributed by atoms with Gasteiger partial charge in [0.25, 0.3) is 0 Å². The normalized spacial score (nSPS) is 12.7. The predicted molar refractivity (Wildman–Crippen MR) is 65.4 cm³/mol. The van der Waals surface area contributed by atoms with Crippen LogP contribution in [0.3, 0.4) is 0 Å². The van der Waals surface area contributed by atoms with Gasteiger partial charge < -0.3 is 5.11 Å². The minimum atomic E-state index is -4.61. The van der Waals surface area contributed by atoms with E-state index in [4.69, 9.17) is 0 Å². The first-order chi connectivity index (χ1) is 8.51. The second-order valence-corrected chi connectivity index (χ2v) is 6.27. The molecule has 0 aliphatic carbocycles. The van der Waals surface area contributed by atoms with Gasteiger partial charge in [-0.1, -0.05) is 13.8 Å². The largest absolute Gasteiger partial charge is 0.506 e. The third-order valence-electron chi connectivity index (χ3n) is 2.14. The highest BCUT2D eigenvalue weighted by atomic mass is 32.2. The Balaban J connectivity index is 3.08. The molecule has 0 fully saturated rings. The predicted octanol–water partition coefficient (Wildman–Crippen LogP) is 2.81. The Bertz CT molecular complexity index is 553. The third-order valence-corrected chi connectivity index (χ3v) is 3.78. The summed E-state index contributed by atoms with van der Waals surface area (Å²) in [6.07, 6.45) is -4.61. The summed E-state index contributed by atoms with van der Waals surface area (Å²) in [7, 11) is -3.80. The van der Waals surface area contributed by atoms with Gasteiger partial charge in [-0.25, -0.2) is 8.42 Å². The Morgan fingerprint density at radius 2 is 1.89 bits per heavy atom. The molecular weight excluding hydrogens is 283 g/mol. The lowest BCUT2D eigenvalue weighted by atomic mass is 10.2. The molecule has 0 saturated heterocycles. The molecule has 8 heteroatoms. The van der Waals surface area contributed by atoms with E-state index in [1.165, 1.54) is 0 Å². The summed E-state index contributed by atoms with van der Waals surface area (Å²) in [4.78, 5) is 0. The van der Waals surface area contributed by atoms with Crippen molar-refractivity contribution in [2.45, 2.75) is 20.0 Å². The molecule has 19 heavy (non-hydrogen) atoms. The highest BCUT2D eigenvalue weighted by Gasteiger charge is 2.31. The van der Waals surface area contributed by atoms with Crippen LogP contribution in [-0.4, -0.2) is 19.3 Å². The molecule has 4 nitrogen and oxygen atoms in total. The lowest BCUT2D eigenvalue weighted by Gasteiger charge is -2.13. The van der Waals surface area contributed by atoms with Gasteiger partial charge in [-0.3, -0.25) is 4.72 Å². The number of alkyl halides is 3. The Morgan fingerprint density at radius 1 is 1.32 bits per heavy atom. The van der Waals surface area contributed by atoms with Gasteiger partial charge >= 0.3 is 6.18 Å². The van der Waals surface area contributed by atoms with Crippen LogP contribution in [0, 0.1) is 5.92 Å². The van der Waals surface area contributed by atoms with E-state index in [1.807, 2.05) is 4.72 Å². The van der Waals surface area contributed by atoms with Crippen LogP contribution in [-0.2, 0) is 16.2 Å². The van der Waals surface area contributed by atoms with Crippen molar-refractivity contribution in [2.24, 2.45) is 5.92 Å². The highest BCUT2D eigenvalue weighted by molar-refractivity contribution is 7.92. The standard InChI is InChI=1S/C11H14F3NO3S/c1-7(2)6-19(17,18)15-9-5-8(11(12,13)14)3-4-10(9)16/h3-5,7,15-16H,6H2,1-2H3. The molecule has 1 aromatic carbocycles. The molecule has 108 valence electrons. The second-order valence-electron chi connectivity index (χ2n) is 4.51. The summed E-state index contributed by atoms with van der Waals surface area (Å²) < 4.78 is 62.6. The molecule has 1 rings (SSSR count). The van der Waals surface area contributed by atoms with Gasteiger partial charge in [0.2, 0.25) is 10.0 Å². The van der Waals surface area contributed by atoms with Crippen molar-refractivity contribution in [3.05, 3.63) is 23.8 Å². The van der Waals surface area contributed by atoms with Gasteiger partial charge in [0.05, 0.1) is 17.0 Å². The third kappa shape index (κ3) is 4.62. The van der Waals surface area contributed by atoms with E-state index < -0.39 is 33.2 Å². The van der Waals surface area contributed by atoms with Crippen molar-refractivity contribution in [1.29, 1.82) is 0 Å². The first-order valence-electron chi connectivity index (χ1n) is 5.42. The summed E-state index contributed by atoms with van der Waals surface area (Å²) in [5.41, 5.74) is -1.51. The molecule has 0 bridgehead atoms. The Kier molecular flexibility index (Phi) is 4.34. The SMILES string of the molecule is CC(C)CS(=O)(=O)Nc1cc(C(F)(F)F)ccc1O. The number of anilines is 1. The van der Waals surface area contributed by atoms with Crippen molar-refractivity contribution < 1.29 is 26.7 Å². The molecule has 0 amide bonds. The van der Waals surface area contributed by atoms with E-state index in [-0.39, 0.29) is 11.7 Å². The molecule has 0 atom stereocenters. The molecular formula is C11H14F3NO3S. The molecule has 0 aliphatic rings. The van der Waals surface area contributed by atoms with E-state index in [9.17, 15) is 26.7 Å². The van der Waals surface area contributed by atoms with E-state index in [0.717, 1.165) is 6.07 Å². The van der Waals surface area contributed by atoms with Crippen molar-refractivity contribution in [1.82, 2.24) is 0 Å². The number of aromatic hydroxyl groups is 1. The maximum atomic E-state index is 12.5. The molecule has 0 unspecified atom stereocenters.